The molecule has 9 nitrogen and oxygen atoms in total. The van der Waals surface area contributed by atoms with Crippen LogP contribution >= 0.6 is 0 Å². The number of unbranched alkanes of at least 4 members (excludes halogenated alkanes) is 1. The van der Waals surface area contributed by atoms with Crippen molar-refractivity contribution in [3.63, 3.8) is 0 Å². The Morgan fingerprint density at radius 1 is 0.692 bits per heavy atom. The Balaban J connectivity index is 0.000000370. The Morgan fingerprint density at radius 2 is 1.18 bits per heavy atom. The summed E-state index contributed by atoms with van der Waals surface area (Å²) in [6, 6.07) is 26.8. The second kappa shape index (κ2) is 18.1. The molecule has 6 N–H and O–H groups in total. The van der Waals surface area contributed by atoms with E-state index in [-0.39, 0.29) is 13.2 Å². The van der Waals surface area contributed by atoms with Crippen molar-refractivity contribution in [2.45, 2.75) is 51.0 Å². The molecule has 0 aromatic heterocycles. The molecule has 0 spiro atoms. The number of ether oxygens (including phenoxy) is 2. The van der Waals surface area contributed by atoms with E-state index >= 15 is 0 Å². The van der Waals surface area contributed by atoms with E-state index in [1.165, 1.54) is 0 Å². The molecule has 0 fully saturated rings. The number of hydrogen-bond acceptors (Lipinski definition) is 7. The van der Waals surface area contributed by atoms with Crippen LogP contribution in [0, 0.1) is 0 Å². The molecule has 0 aliphatic heterocycles. The molecule has 9 heteroatoms. The monoisotopic (exact) mass is 535 g/mol. The maximum atomic E-state index is 11.9. The number of benzene rings is 3. The van der Waals surface area contributed by atoms with Gasteiger partial charge in [0.05, 0.1) is 0 Å². The molecule has 208 valence electrons. The number of amides is 1. The topological polar surface area (TPSA) is 154 Å². The molecule has 3 aromatic carbocycles. The smallest absolute Gasteiger partial charge is 0.407 e. The Morgan fingerprint density at radius 3 is 1.69 bits per heavy atom. The van der Waals surface area contributed by atoms with Crippen molar-refractivity contribution >= 4 is 18.0 Å². The van der Waals surface area contributed by atoms with Crippen molar-refractivity contribution < 1.29 is 29.0 Å². The minimum Gasteiger partial charge on any atom is -0.480 e. The number of esters is 1. The Hall–Kier alpha value is -4.21. The highest BCUT2D eigenvalue weighted by molar-refractivity contribution is 5.75. The molecule has 3 aromatic rings. The van der Waals surface area contributed by atoms with Crippen molar-refractivity contribution in [2.75, 3.05) is 6.54 Å². The van der Waals surface area contributed by atoms with Crippen LogP contribution in [0.5, 0.6) is 0 Å². The van der Waals surface area contributed by atoms with Crippen molar-refractivity contribution in [1.82, 2.24) is 5.32 Å². The van der Waals surface area contributed by atoms with Crippen molar-refractivity contribution in [1.29, 1.82) is 0 Å². The van der Waals surface area contributed by atoms with E-state index in [0.29, 0.717) is 32.2 Å². The zero-order valence-electron chi connectivity index (χ0n) is 21.9. The SMILES string of the molecule is N[C@@H](CCCCNC(=O)OCc1ccccc1)C(=O)OCc1ccccc1.N[C@@H](Cc1ccccc1)C(=O)O. The highest BCUT2D eigenvalue weighted by Gasteiger charge is 2.15. The standard InChI is InChI=1S/C21H26N2O4.C9H11NO2/c22-19(20(24)26-15-17-9-3-1-4-10-17)13-7-8-14-23-21(25)27-16-18-11-5-2-6-12-18;10-8(9(11)12)6-7-4-2-1-3-5-7/h1-6,9-12,19H,7-8,13-16,22H2,(H,23,25);1-5,8H,6,10H2,(H,11,12)/t19-;8-/m00/s1. The summed E-state index contributed by atoms with van der Waals surface area (Å²) in [5.41, 5.74) is 14.0. The Bertz CT molecular complexity index is 1110. The van der Waals surface area contributed by atoms with Crippen LogP contribution in [0.4, 0.5) is 4.79 Å². The molecular formula is C30H37N3O6. The van der Waals surface area contributed by atoms with E-state index in [1.54, 1.807) is 0 Å². The fourth-order valence-electron chi connectivity index (χ4n) is 3.36. The predicted octanol–water partition coefficient (Wildman–Crippen LogP) is 3.79. The van der Waals surface area contributed by atoms with Crippen LogP contribution in [0.15, 0.2) is 91.0 Å². The molecule has 2 atom stereocenters. The molecule has 0 saturated carbocycles. The third-order valence-electron chi connectivity index (χ3n) is 5.57. The van der Waals surface area contributed by atoms with Crippen LogP contribution in [0.25, 0.3) is 0 Å². The molecule has 0 aliphatic rings. The van der Waals surface area contributed by atoms with E-state index in [2.05, 4.69) is 5.32 Å². The summed E-state index contributed by atoms with van der Waals surface area (Å²) in [6.45, 7) is 0.937. The van der Waals surface area contributed by atoms with Crippen molar-refractivity contribution in [2.24, 2.45) is 11.5 Å². The summed E-state index contributed by atoms with van der Waals surface area (Å²) in [5, 5.41) is 11.2. The number of carboxylic acid groups (broad SMARTS) is 1. The van der Waals surface area contributed by atoms with Gasteiger partial charge in [0.2, 0.25) is 0 Å². The van der Waals surface area contributed by atoms with Gasteiger partial charge in [0.1, 0.15) is 25.3 Å². The zero-order chi connectivity index (χ0) is 28.3. The van der Waals surface area contributed by atoms with E-state index in [9.17, 15) is 14.4 Å². The number of nitrogens with two attached hydrogens (primary N) is 2. The first-order valence-corrected chi connectivity index (χ1v) is 12.8. The van der Waals surface area contributed by atoms with E-state index in [4.69, 9.17) is 26.0 Å². The number of carbonyl (C=O) groups excluding carboxylic acids is 2. The second-order valence-electron chi connectivity index (χ2n) is 8.82. The first-order valence-electron chi connectivity index (χ1n) is 12.8. The lowest BCUT2D eigenvalue weighted by atomic mass is 10.1. The van der Waals surface area contributed by atoms with Crippen LogP contribution < -0.4 is 16.8 Å². The number of aliphatic carboxylic acids is 1. The van der Waals surface area contributed by atoms with Gasteiger partial charge in [-0.2, -0.15) is 0 Å². The average Bonchev–Trinajstić information content (AvgIpc) is 2.96. The second-order valence-corrected chi connectivity index (χ2v) is 8.82. The predicted molar refractivity (Wildman–Crippen MR) is 148 cm³/mol. The molecule has 1 amide bonds. The lowest BCUT2D eigenvalue weighted by Crippen LogP contribution is -2.32. The Labute approximate surface area is 229 Å². The largest absolute Gasteiger partial charge is 0.480 e. The molecule has 0 saturated heterocycles. The molecular weight excluding hydrogens is 498 g/mol. The molecule has 0 aliphatic carbocycles. The first kappa shape index (κ1) is 31.0. The van der Waals surface area contributed by atoms with Gasteiger partial charge in [-0.1, -0.05) is 91.0 Å². The van der Waals surface area contributed by atoms with Gasteiger partial charge < -0.3 is 31.4 Å². The molecule has 39 heavy (non-hydrogen) atoms. The van der Waals surface area contributed by atoms with Gasteiger partial charge >= 0.3 is 18.0 Å². The highest BCUT2D eigenvalue weighted by atomic mass is 16.5. The van der Waals surface area contributed by atoms with E-state index in [1.807, 2.05) is 91.0 Å². The minimum atomic E-state index is -0.959. The average molecular weight is 536 g/mol. The highest BCUT2D eigenvalue weighted by Crippen LogP contribution is 2.05. The van der Waals surface area contributed by atoms with Crippen LogP contribution in [0.3, 0.4) is 0 Å². The van der Waals surface area contributed by atoms with Crippen molar-refractivity contribution in [3.8, 4) is 0 Å². The summed E-state index contributed by atoms with van der Waals surface area (Å²) in [4.78, 5) is 33.9. The maximum Gasteiger partial charge on any atom is 0.407 e. The number of nitrogens with one attached hydrogen (secondary N) is 1. The van der Waals surface area contributed by atoms with Gasteiger partial charge in [-0.25, -0.2) is 4.79 Å². The molecule has 0 unspecified atom stereocenters. The fraction of sp³-hybridized carbons (Fsp3) is 0.300. The van der Waals surface area contributed by atoms with Gasteiger partial charge in [-0.05, 0) is 42.4 Å². The van der Waals surface area contributed by atoms with Crippen LogP contribution in [-0.2, 0) is 38.7 Å². The number of hydrogen-bond donors (Lipinski definition) is 4. The Kier molecular flexibility index (Phi) is 14.4. The lowest BCUT2D eigenvalue weighted by Gasteiger charge is -2.12. The number of carboxylic acids is 1. The van der Waals surface area contributed by atoms with Crippen LogP contribution in [0.1, 0.15) is 36.0 Å². The third kappa shape index (κ3) is 13.8. The lowest BCUT2D eigenvalue weighted by molar-refractivity contribution is -0.146. The van der Waals surface area contributed by atoms with Gasteiger partial charge in [-0.15, -0.1) is 0 Å². The molecule has 0 radical (unpaired) electrons. The molecule has 0 bridgehead atoms. The summed E-state index contributed by atoms with van der Waals surface area (Å²) in [7, 11) is 0. The summed E-state index contributed by atoms with van der Waals surface area (Å²) < 4.78 is 10.3. The van der Waals surface area contributed by atoms with Crippen LogP contribution in [-0.4, -0.2) is 41.8 Å². The van der Waals surface area contributed by atoms with Gasteiger partial charge in [0.15, 0.2) is 0 Å². The first-order chi connectivity index (χ1) is 18.8. The summed E-state index contributed by atoms with van der Waals surface area (Å²) in [6.07, 6.45) is 1.86. The fourth-order valence-corrected chi connectivity index (χ4v) is 3.36. The van der Waals surface area contributed by atoms with E-state index in [0.717, 1.165) is 16.7 Å². The minimum absolute atomic E-state index is 0.224. The summed E-state index contributed by atoms with van der Waals surface area (Å²) >= 11 is 0. The quantitative estimate of drug-likeness (QED) is 0.190. The normalized spacial score (nSPS) is 11.7. The third-order valence-corrected chi connectivity index (χ3v) is 5.57. The maximum absolute atomic E-state index is 11.9. The molecule has 3 rings (SSSR count). The van der Waals surface area contributed by atoms with Gasteiger partial charge in [0, 0.05) is 6.54 Å². The number of alkyl carbamates (subject to hydrolysis) is 1. The van der Waals surface area contributed by atoms with Gasteiger partial charge in [-0.3, -0.25) is 9.59 Å². The van der Waals surface area contributed by atoms with Gasteiger partial charge in [0.25, 0.3) is 0 Å². The number of carbonyl (C=O) groups is 3. The number of rotatable bonds is 13. The van der Waals surface area contributed by atoms with Crippen molar-refractivity contribution in [3.05, 3.63) is 108 Å². The van der Waals surface area contributed by atoms with E-state index < -0.39 is 30.1 Å². The van der Waals surface area contributed by atoms with Crippen LogP contribution in [0.2, 0.25) is 0 Å². The molecule has 0 heterocycles. The zero-order valence-corrected chi connectivity index (χ0v) is 21.9. The summed E-state index contributed by atoms with van der Waals surface area (Å²) in [5.74, 6) is -1.37.